The second-order valence-corrected chi connectivity index (χ2v) is 8.32. The minimum atomic E-state index is -3.17. The lowest BCUT2D eigenvalue weighted by Crippen LogP contribution is -2.40. The van der Waals surface area contributed by atoms with E-state index in [1.54, 1.807) is 12.1 Å². The molecule has 1 fully saturated rings. The highest BCUT2D eigenvalue weighted by molar-refractivity contribution is 7.90. The van der Waals surface area contributed by atoms with Crippen LogP contribution >= 0.6 is 0 Å². The van der Waals surface area contributed by atoms with Crippen molar-refractivity contribution in [3.05, 3.63) is 29.8 Å². The van der Waals surface area contributed by atoms with Gasteiger partial charge in [-0.05, 0) is 51.8 Å². The van der Waals surface area contributed by atoms with Gasteiger partial charge in [0.2, 0.25) is 0 Å². The minimum Gasteiger partial charge on any atom is -0.291 e. The first-order valence-electron chi connectivity index (χ1n) is 6.77. The van der Waals surface area contributed by atoms with Crippen molar-refractivity contribution in [1.29, 1.82) is 0 Å². The number of rotatable bonds is 2. The molecular formula is C15H23NO2S. The molecule has 0 bridgehead atoms. The Balaban J connectivity index is 2.48. The summed E-state index contributed by atoms with van der Waals surface area (Å²) in [6.07, 6.45) is 3.45. The molecule has 1 aromatic carbocycles. The van der Waals surface area contributed by atoms with E-state index in [2.05, 4.69) is 25.7 Å². The van der Waals surface area contributed by atoms with Gasteiger partial charge in [-0.2, -0.15) is 0 Å². The molecule has 1 aliphatic rings. The lowest BCUT2D eigenvalue weighted by atomic mass is 9.99. The van der Waals surface area contributed by atoms with Crippen LogP contribution in [-0.2, 0) is 9.84 Å². The lowest BCUT2D eigenvalue weighted by Gasteiger charge is -2.37. The Morgan fingerprint density at radius 2 is 1.84 bits per heavy atom. The highest BCUT2D eigenvalue weighted by atomic mass is 32.2. The zero-order valence-corrected chi connectivity index (χ0v) is 13.0. The Labute approximate surface area is 116 Å². The second-order valence-electron chi connectivity index (χ2n) is 6.33. The quantitative estimate of drug-likeness (QED) is 0.836. The van der Waals surface area contributed by atoms with Crippen LogP contribution in [0.15, 0.2) is 29.2 Å². The summed E-state index contributed by atoms with van der Waals surface area (Å²) >= 11 is 0. The summed E-state index contributed by atoms with van der Waals surface area (Å²) in [7, 11) is -3.17. The first-order chi connectivity index (χ1) is 8.71. The predicted molar refractivity (Wildman–Crippen MR) is 78.0 cm³/mol. The van der Waals surface area contributed by atoms with E-state index in [4.69, 9.17) is 0 Å². The largest absolute Gasteiger partial charge is 0.291 e. The molecule has 1 heterocycles. The summed E-state index contributed by atoms with van der Waals surface area (Å²) < 4.78 is 23.9. The summed E-state index contributed by atoms with van der Waals surface area (Å²) in [5, 5.41) is 0. The minimum absolute atomic E-state index is 0.0613. The monoisotopic (exact) mass is 281 g/mol. The maximum absolute atomic E-state index is 11.9. The number of hydrogen-bond acceptors (Lipinski definition) is 3. The van der Waals surface area contributed by atoms with Gasteiger partial charge in [-0.3, -0.25) is 4.90 Å². The van der Waals surface area contributed by atoms with Crippen LogP contribution in [0.1, 0.15) is 45.2 Å². The van der Waals surface area contributed by atoms with Crippen molar-refractivity contribution in [3.8, 4) is 0 Å². The highest BCUT2D eigenvalue weighted by Gasteiger charge is 2.35. The Kier molecular flexibility index (Phi) is 3.76. The SMILES string of the molecule is CC(C)(C)N1CCCC1c1ccccc1S(C)(=O)=O. The van der Waals surface area contributed by atoms with Crippen molar-refractivity contribution in [2.24, 2.45) is 0 Å². The van der Waals surface area contributed by atoms with Crippen molar-refractivity contribution in [2.75, 3.05) is 12.8 Å². The number of sulfone groups is 1. The number of benzene rings is 1. The molecule has 1 saturated heterocycles. The van der Waals surface area contributed by atoms with Crippen molar-refractivity contribution < 1.29 is 8.42 Å². The lowest BCUT2D eigenvalue weighted by molar-refractivity contribution is 0.120. The fourth-order valence-corrected chi connectivity index (χ4v) is 3.94. The average Bonchev–Trinajstić information content (AvgIpc) is 2.76. The molecule has 106 valence electrons. The van der Waals surface area contributed by atoms with E-state index < -0.39 is 9.84 Å². The molecule has 1 unspecified atom stereocenters. The van der Waals surface area contributed by atoms with Crippen LogP contribution < -0.4 is 0 Å². The van der Waals surface area contributed by atoms with Gasteiger partial charge in [0.25, 0.3) is 0 Å². The molecule has 3 nitrogen and oxygen atoms in total. The van der Waals surface area contributed by atoms with Gasteiger partial charge < -0.3 is 0 Å². The number of nitrogens with zero attached hydrogens (tertiary/aromatic N) is 1. The fraction of sp³-hybridized carbons (Fsp3) is 0.600. The van der Waals surface area contributed by atoms with Crippen LogP contribution in [0.25, 0.3) is 0 Å². The molecule has 1 aromatic rings. The summed E-state index contributed by atoms with van der Waals surface area (Å²) in [6.45, 7) is 7.60. The van der Waals surface area contributed by atoms with Crippen LogP contribution in [0.5, 0.6) is 0 Å². The third-order valence-corrected chi connectivity index (χ3v) is 4.96. The number of hydrogen-bond donors (Lipinski definition) is 0. The van der Waals surface area contributed by atoms with Crippen LogP contribution in [-0.4, -0.2) is 31.7 Å². The first kappa shape index (κ1) is 14.5. The van der Waals surface area contributed by atoms with Crippen LogP contribution in [0, 0.1) is 0 Å². The van der Waals surface area contributed by atoms with Gasteiger partial charge in [-0.25, -0.2) is 8.42 Å². The molecule has 19 heavy (non-hydrogen) atoms. The second kappa shape index (κ2) is 4.91. The molecule has 4 heteroatoms. The molecule has 1 atom stereocenters. The van der Waals surface area contributed by atoms with Crippen LogP contribution in [0.2, 0.25) is 0 Å². The van der Waals surface area contributed by atoms with Gasteiger partial charge in [0.05, 0.1) is 4.90 Å². The Morgan fingerprint density at radius 3 is 2.42 bits per heavy atom. The standard InChI is InChI=1S/C15H23NO2S/c1-15(2,3)16-11-7-9-13(16)12-8-5-6-10-14(12)19(4,17)18/h5-6,8,10,13H,7,9,11H2,1-4H3. The normalized spacial score (nSPS) is 21.8. The van der Waals surface area contributed by atoms with E-state index in [9.17, 15) is 8.42 Å². The fourth-order valence-electron chi connectivity index (χ4n) is 2.99. The maximum Gasteiger partial charge on any atom is 0.175 e. The van der Waals surface area contributed by atoms with Crippen LogP contribution in [0.4, 0.5) is 0 Å². The van der Waals surface area contributed by atoms with Gasteiger partial charge in [0.1, 0.15) is 0 Å². The van der Waals surface area contributed by atoms with Crippen molar-refractivity contribution in [1.82, 2.24) is 4.90 Å². The van der Waals surface area contributed by atoms with Gasteiger partial charge in [0, 0.05) is 17.8 Å². The van der Waals surface area contributed by atoms with E-state index in [0.29, 0.717) is 4.90 Å². The maximum atomic E-state index is 11.9. The molecule has 0 aromatic heterocycles. The van der Waals surface area contributed by atoms with E-state index >= 15 is 0 Å². The predicted octanol–water partition coefficient (Wildman–Crippen LogP) is 3.03. The highest BCUT2D eigenvalue weighted by Crippen LogP contribution is 2.39. The summed E-state index contributed by atoms with van der Waals surface area (Å²) in [4.78, 5) is 2.90. The van der Waals surface area contributed by atoms with Gasteiger partial charge in [0.15, 0.2) is 9.84 Å². The smallest absolute Gasteiger partial charge is 0.175 e. The van der Waals surface area contributed by atoms with Gasteiger partial charge in [-0.15, -0.1) is 0 Å². The molecule has 0 spiro atoms. The van der Waals surface area contributed by atoms with Gasteiger partial charge in [-0.1, -0.05) is 18.2 Å². The molecule has 0 aliphatic carbocycles. The average molecular weight is 281 g/mol. The van der Waals surface area contributed by atoms with E-state index in [-0.39, 0.29) is 11.6 Å². The summed E-state index contributed by atoms with van der Waals surface area (Å²) in [6, 6.07) is 7.64. The van der Waals surface area contributed by atoms with Gasteiger partial charge >= 0.3 is 0 Å². The van der Waals surface area contributed by atoms with Crippen LogP contribution in [0.3, 0.4) is 0 Å². The molecule has 0 radical (unpaired) electrons. The molecule has 0 N–H and O–H groups in total. The topological polar surface area (TPSA) is 37.4 Å². The zero-order chi connectivity index (χ0) is 14.3. The van der Waals surface area contributed by atoms with Crippen molar-refractivity contribution >= 4 is 9.84 Å². The van der Waals surface area contributed by atoms with E-state index in [1.807, 2.05) is 12.1 Å². The molecular weight excluding hydrogens is 258 g/mol. The Bertz CT molecular complexity index is 558. The van der Waals surface area contributed by atoms with Crippen molar-refractivity contribution in [2.45, 2.75) is 50.1 Å². The Morgan fingerprint density at radius 1 is 1.21 bits per heavy atom. The van der Waals surface area contributed by atoms with E-state index in [1.165, 1.54) is 6.26 Å². The molecule has 2 rings (SSSR count). The van der Waals surface area contributed by atoms with Crippen molar-refractivity contribution in [3.63, 3.8) is 0 Å². The van der Waals surface area contributed by atoms with E-state index in [0.717, 1.165) is 24.9 Å². The molecule has 1 aliphatic heterocycles. The third-order valence-electron chi connectivity index (χ3n) is 3.79. The zero-order valence-electron chi connectivity index (χ0n) is 12.2. The summed E-state index contributed by atoms with van der Waals surface area (Å²) in [5.74, 6) is 0. The summed E-state index contributed by atoms with van der Waals surface area (Å²) in [5.41, 5.74) is 1.02. The Hall–Kier alpha value is -0.870. The molecule has 0 saturated carbocycles. The number of likely N-dealkylation sites (tertiary alicyclic amines) is 1. The first-order valence-corrected chi connectivity index (χ1v) is 8.66. The molecule has 0 amide bonds. The third kappa shape index (κ3) is 3.00.